The Kier molecular flexibility index (Phi) is 6.56. The first kappa shape index (κ1) is 16.0. The summed E-state index contributed by atoms with van der Waals surface area (Å²) in [5, 5.41) is 20.8. The van der Waals surface area contributed by atoms with E-state index >= 15 is 0 Å². The first-order valence-corrected chi connectivity index (χ1v) is 6.80. The molecule has 1 amide bonds. The maximum absolute atomic E-state index is 11.8. The molecular formula is C15H21NO4. The van der Waals surface area contributed by atoms with Crippen molar-refractivity contribution in [3.8, 4) is 5.75 Å². The molecule has 5 heteroatoms. The van der Waals surface area contributed by atoms with E-state index < -0.39 is 5.97 Å². The Bertz CT molecular complexity index is 471. The van der Waals surface area contributed by atoms with E-state index in [4.69, 9.17) is 5.11 Å². The number of carbonyl (C=O) groups excluding carboxylic acids is 1. The molecule has 0 aliphatic carbocycles. The topological polar surface area (TPSA) is 86.6 Å². The van der Waals surface area contributed by atoms with Crippen molar-refractivity contribution in [2.45, 2.75) is 39.0 Å². The number of carboxylic acids is 1. The number of aryl methyl sites for hydroxylation is 1. The summed E-state index contributed by atoms with van der Waals surface area (Å²) in [6, 6.07) is 4.84. The number of carbonyl (C=O) groups is 2. The van der Waals surface area contributed by atoms with Crippen LogP contribution in [-0.2, 0) is 4.79 Å². The Morgan fingerprint density at radius 2 is 1.85 bits per heavy atom. The number of nitrogens with one attached hydrogen (secondary N) is 1. The summed E-state index contributed by atoms with van der Waals surface area (Å²) in [7, 11) is 0. The normalized spacial score (nSPS) is 10.2. The number of phenolic OH excluding ortho intramolecular Hbond substituents is 1. The fourth-order valence-electron chi connectivity index (χ4n) is 1.81. The van der Waals surface area contributed by atoms with Crippen molar-refractivity contribution in [1.29, 1.82) is 0 Å². The number of aliphatic carboxylic acids is 1. The third-order valence-electron chi connectivity index (χ3n) is 3.07. The molecule has 0 fully saturated rings. The van der Waals surface area contributed by atoms with Crippen LogP contribution >= 0.6 is 0 Å². The summed E-state index contributed by atoms with van der Waals surface area (Å²) in [5.41, 5.74) is 1.18. The molecule has 0 heterocycles. The lowest BCUT2D eigenvalue weighted by molar-refractivity contribution is -0.137. The van der Waals surface area contributed by atoms with Crippen LogP contribution in [-0.4, -0.2) is 28.6 Å². The van der Waals surface area contributed by atoms with Crippen molar-refractivity contribution in [2.24, 2.45) is 0 Å². The molecule has 3 N–H and O–H groups in total. The number of aromatic hydroxyl groups is 1. The molecule has 0 aromatic heterocycles. The minimum absolute atomic E-state index is 0.117. The number of unbranched alkanes of at least 4 members (excludes halogenated alkanes) is 3. The lowest BCUT2D eigenvalue weighted by Gasteiger charge is -2.06. The van der Waals surface area contributed by atoms with Crippen LogP contribution < -0.4 is 5.32 Å². The molecule has 0 aliphatic heterocycles. The van der Waals surface area contributed by atoms with Gasteiger partial charge in [-0.2, -0.15) is 0 Å². The molecule has 20 heavy (non-hydrogen) atoms. The summed E-state index contributed by atoms with van der Waals surface area (Å²) < 4.78 is 0. The standard InChI is InChI=1S/C15H21NO4/c1-11-7-8-12(10-13(11)17)15(20)16-9-5-3-2-4-6-14(18)19/h7-8,10,17H,2-6,9H2,1H3,(H,16,20)(H,18,19). The zero-order chi connectivity index (χ0) is 15.0. The van der Waals surface area contributed by atoms with E-state index in [9.17, 15) is 14.7 Å². The van der Waals surface area contributed by atoms with Gasteiger partial charge in [0.05, 0.1) is 0 Å². The van der Waals surface area contributed by atoms with E-state index in [2.05, 4.69) is 5.32 Å². The minimum Gasteiger partial charge on any atom is -0.508 e. The Morgan fingerprint density at radius 1 is 1.15 bits per heavy atom. The van der Waals surface area contributed by atoms with Gasteiger partial charge in [-0.05, 0) is 37.5 Å². The van der Waals surface area contributed by atoms with Crippen molar-refractivity contribution < 1.29 is 19.8 Å². The SMILES string of the molecule is Cc1ccc(C(=O)NCCCCCCC(=O)O)cc1O. The number of phenols is 1. The second kappa shape index (κ2) is 8.19. The molecule has 0 saturated carbocycles. The highest BCUT2D eigenvalue weighted by molar-refractivity contribution is 5.94. The lowest BCUT2D eigenvalue weighted by atomic mass is 10.1. The average molecular weight is 279 g/mol. The summed E-state index contributed by atoms with van der Waals surface area (Å²) in [5.74, 6) is -0.852. The first-order valence-electron chi connectivity index (χ1n) is 6.80. The number of benzene rings is 1. The molecular weight excluding hydrogens is 258 g/mol. The molecule has 0 atom stereocenters. The predicted molar refractivity (Wildman–Crippen MR) is 75.9 cm³/mol. The Morgan fingerprint density at radius 3 is 2.50 bits per heavy atom. The highest BCUT2D eigenvalue weighted by Crippen LogP contribution is 2.17. The molecule has 0 bridgehead atoms. The van der Waals surface area contributed by atoms with E-state index in [1.54, 1.807) is 19.1 Å². The van der Waals surface area contributed by atoms with Crippen LogP contribution in [0.5, 0.6) is 5.75 Å². The minimum atomic E-state index is -0.766. The zero-order valence-corrected chi connectivity index (χ0v) is 11.7. The molecule has 1 rings (SSSR count). The van der Waals surface area contributed by atoms with Crippen LogP contribution in [0.3, 0.4) is 0 Å². The van der Waals surface area contributed by atoms with Gasteiger partial charge in [0.25, 0.3) is 5.91 Å². The van der Waals surface area contributed by atoms with Gasteiger partial charge in [-0.3, -0.25) is 9.59 Å². The van der Waals surface area contributed by atoms with E-state index in [-0.39, 0.29) is 18.1 Å². The maximum Gasteiger partial charge on any atom is 0.303 e. The Hall–Kier alpha value is -2.04. The highest BCUT2D eigenvalue weighted by atomic mass is 16.4. The van der Waals surface area contributed by atoms with Gasteiger partial charge >= 0.3 is 5.97 Å². The van der Waals surface area contributed by atoms with E-state index in [1.807, 2.05) is 0 Å². The summed E-state index contributed by atoms with van der Waals surface area (Å²) in [4.78, 5) is 22.1. The van der Waals surface area contributed by atoms with Gasteiger partial charge < -0.3 is 15.5 Å². The number of amides is 1. The smallest absolute Gasteiger partial charge is 0.303 e. The molecule has 5 nitrogen and oxygen atoms in total. The third kappa shape index (κ3) is 5.73. The van der Waals surface area contributed by atoms with Gasteiger partial charge in [-0.15, -0.1) is 0 Å². The Labute approximate surface area is 118 Å². The van der Waals surface area contributed by atoms with Gasteiger partial charge in [-0.1, -0.05) is 18.9 Å². The summed E-state index contributed by atoms with van der Waals surface area (Å²) in [6.45, 7) is 2.33. The summed E-state index contributed by atoms with van der Waals surface area (Å²) >= 11 is 0. The van der Waals surface area contributed by atoms with Crippen LogP contribution in [0.4, 0.5) is 0 Å². The quantitative estimate of drug-likeness (QED) is 0.638. The molecule has 1 aromatic carbocycles. The first-order chi connectivity index (χ1) is 9.50. The fraction of sp³-hybridized carbons (Fsp3) is 0.467. The molecule has 0 saturated heterocycles. The average Bonchev–Trinajstić information content (AvgIpc) is 2.40. The zero-order valence-electron chi connectivity index (χ0n) is 11.7. The van der Waals surface area contributed by atoms with Gasteiger partial charge in [0.15, 0.2) is 0 Å². The van der Waals surface area contributed by atoms with Gasteiger partial charge in [0.2, 0.25) is 0 Å². The van der Waals surface area contributed by atoms with E-state index in [0.717, 1.165) is 24.8 Å². The molecule has 0 radical (unpaired) electrons. The van der Waals surface area contributed by atoms with E-state index in [1.165, 1.54) is 6.07 Å². The van der Waals surface area contributed by atoms with Crippen LogP contribution in [0.1, 0.15) is 48.0 Å². The number of hydrogen-bond donors (Lipinski definition) is 3. The van der Waals surface area contributed by atoms with Crippen LogP contribution in [0, 0.1) is 6.92 Å². The number of carboxylic acid groups (broad SMARTS) is 1. The highest BCUT2D eigenvalue weighted by Gasteiger charge is 2.06. The molecule has 0 spiro atoms. The van der Waals surface area contributed by atoms with Crippen LogP contribution in [0.25, 0.3) is 0 Å². The van der Waals surface area contributed by atoms with Crippen molar-refractivity contribution in [3.63, 3.8) is 0 Å². The number of rotatable bonds is 8. The predicted octanol–water partition coefficient (Wildman–Crippen LogP) is 2.47. The largest absolute Gasteiger partial charge is 0.508 e. The second-order valence-corrected chi connectivity index (χ2v) is 4.82. The Balaban J connectivity index is 2.20. The monoisotopic (exact) mass is 279 g/mol. The molecule has 1 aromatic rings. The van der Waals surface area contributed by atoms with Crippen molar-refractivity contribution in [3.05, 3.63) is 29.3 Å². The lowest BCUT2D eigenvalue weighted by Crippen LogP contribution is -2.24. The van der Waals surface area contributed by atoms with Crippen LogP contribution in [0.2, 0.25) is 0 Å². The molecule has 0 aliphatic rings. The van der Waals surface area contributed by atoms with Crippen LogP contribution in [0.15, 0.2) is 18.2 Å². The summed E-state index contributed by atoms with van der Waals surface area (Å²) in [6.07, 6.45) is 3.45. The van der Waals surface area contributed by atoms with Crippen molar-refractivity contribution in [1.82, 2.24) is 5.32 Å². The second-order valence-electron chi connectivity index (χ2n) is 4.82. The van der Waals surface area contributed by atoms with Gasteiger partial charge in [0, 0.05) is 18.5 Å². The molecule has 0 unspecified atom stereocenters. The fourth-order valence-corrected chi connectivity index (χ4v) is 1.81. The maximum atomic E-state index is 11.8. The van der Waals surface area contributed by atoms with Crippen molar-refractivity contribution >= 4 is 11.9 Å². The molecule has 110 valence electrons. The van der Waals surface area contributed by atoms with Crippen molar-refractivity contribution in [2.75, 3.05) is 6.54 Å². The van der Waals surface area contributed by atoms with Gasteiger partial charge in [-0.25, -0.2) is 0 Å². The van der Waals surface area contributed by atoms with E-state index in [0.29, 0.717) is 18.5 Å². The van der Waals surface area contributed by atoms with Gasteiger partial charge in [0.1, 0.15) is 5.75 Å². The third-order valence-corrected chi connectivity index (χ3v) is 3.07. The number of hydrogen-bond acceptors (Lipinski definition) is 3.